The van der Waals surface area contributed by atoms with Crippen molar-refractivity contribution in [3.63, 3.8) is 0 Å². The van der Waals surface area contributed by atoms with Crippen molar-refractivity contribution in [3.8, 4) is 0 Å². The second kappa shape index (κ2) is 3.42. The van der Waals surface area contributed by atoms with Crippen LogP contribution in [0.2, 0.25) is 0 Å². The molecule has 2 atom stereocenters. The first kappa shape index (κ1) is 9.21. The number of hydrogen-bond acceptors (Lipinski definition) is 2. The fraction of sp³-hybridized carbons (Fsp3) is 0.364. The zero-order valence-corrected chi connectivity index (χ0v) is 8.16. The number of nitrogens with one attached hydrogen (secondary N) is 1. The average Bonchev–Trinajstić information content (AvgIpc) is 2.82. The molecular weight excluding hydrogens is 176 g/mol. The zero-order chi connectivity index (χ0) is 10.1. The molecule has 0 heterocycles. The minimum absolute atomic E-state index is 0.0396. The quantitative estimate of drug-likeness (QED) is 0.741. The van der Waals surface area contributed by atoms with Gasteiger partial charge in [-0.15, -0.1) is 0 Å². The van der Waals surface area contributed by atoms with Crippen molar-refractivity contribution < 1.29 is 4.79 Å². The number of anilines is 1. The van der Waals surface area contributed by atoms with Gasteiger partial charge in [0, 0.05) is 24.6 Å². The Morgan fingerprint density at radius 3 is 2.86 bits per heavy atom. The summed E-state index contributed by atoms with van der Waals surface area (Å²) in [5.74, 6) is 0.450. The maximum Gasteiger partial charge on any atom is 0.221 e. The molecule has 0 spiro atoms. The summed E-state index contributed by atoms with van der Waals surface area (Å²) < 4.78 is 0. The molecule has 74 valence electrons. The van der Waals surface area contributed by atoms with E-state index < -0.39 is 0 Å². The van der Waals surface area contributed by atoms with E-state index in [4.69, 9.17) is 5.73 Å². The Morgan fingerprint density at radius 2 is 2.29 bits per heavy atom. The molecule has 0 radical (unpaired) electrons. The summed E-state index contributed by atoms with van der Waals surface area (Å²) in [6, 6.07) is 8.20. The predicted molar refractivity (Wildman–Crippen MR) is 56.1 cm³/mol. The lowest BCUT2D eigenvalue weighted by Gasteiger charge is -2.04. The third kappa shape index (κ3) is 1.93. The fourth-order valence-electron chi connectivity index (χ4n) is 1.65. The molecule has 1 aromatic carbocycles. The van der Waals surface area contributed by atoms with Gasteiger partial charge < -0.3 is 11.1 Å². The summed E-state index contributed by atoms with van der Waals surface area (Å²) >= 11 is 0. The van der Waals surface area contributed by atoms with Gasteiger partial charge in [0.05, 0.1) is 0 Å². The molecule has 1 saturated carbocycles. The normalized spacial score (nSPS) is 24.4. The molecule has 3 heteroatoms. The first-order chi connectivity index (χ1) is 6.66. The molecule has 3 nitrogen and oxygen atoms in total. The molecule has 14 heavy (non-hydrogen) atoms. The van der Waals surface area contributed by atoms with E-state index in [2.05, 4.69) is 11.4 Å². The molecule has 1 aliphatic rings. The summed E-state index contributed by atoms with van der Waals surface area (Å²) in [7, 11) is 0. The summed E-state index contributed by atoms with van der Waals surface area (Å²) in [4.78, 5) is 10.8. The van der Waals surface area contributed by atoms with Gasteiger partial charge in [-0.1, -0.05) is 12.1 Å². The van der Waals surface area contributed by atoms with Crippen molar-refractivity contribution in [2.45, 2.75) is 25.3 Å². The maximum atomic E-state index is 10.8. The highest BCUT2D eigenvalue weighted by Gasteiger charge is 2.34. The molecule has 0 aliphatic heterocycles. The number of hydrogen-bond donors (Lipinski definition) is 2. The second-order valence-electron chi connectivity index (χ2n) is 3.81. The predicted octanol–water partition coefficient (Wildman–Crippen LogP) is 1.46. The van der Waals surface area contributed by atoms with Crippen LogP contribution in [-0.2, 0) is 4.79 Å². The molecule has 1 fully saturated rings. The van der Waals surface area contributed by atoms with Crippen molar-refractivity contribution in [3.05, 3.63) is 29.8 Å². The lowest BCUT2D eigenvalue weighted by Crippen LogP contribution is -2.06. The zero-order valence-electron chi connectivity index (χ0n) is 8.16. The Morgan fingerprint density at radius 1 is 1.57 bits per heavy atom. The molecule has 0 saturated heterocycles. The summed E-state index contributed by atoms with van der Waals surface area (Å²) in [5.41, 5.74) is 7.84. The van der Waals surface area contributed by atoms with Crippen LogP contribution >= 0.6 is 0 Å². The molecular formula is C11H14N2O. The molecule has 0 bridgehead atoms. The van der Waals surface area contributed by atoms with Crippen molar-refractivity contribution in [1.29, 1.82) is 0 Å². The van der Waals surface area contributed by atoms with Crippen molar-refractivity contribution in [2.24, 2.45) is 5.73 Å². The Labute approximate surface area is 83.3 Å². The largest absolute Gasteiger partial charge is 0.327 e. The van der Waals surface area contributed by atoms with Crippen LogP contribution < -0.4 is 11.1 Å². The van der Waals surface area contributed by atoms with Crippen LogP contribution in [0.25, 0.3) is 0 Å². The van der Waals surface area contributed by atoms with E-state index >= 15 is 0 Å². The summed E-state index contributed by atoms with van der Waals surface area (Å²) in [6.45, 7) is 1.51. The van der Waals surface area contributed by atoms with Crippen LogP contribution in [0.15, 0.2) is 24.3 Å². The van der Waals surface area contributed by atoms with Gasteiger partial charge in [0.15, 0.2) is 0 Å². The number of carbonyl (C=O) groups is 1. The van der Waals surface area contributed by atoms with Gasteiger partial charge in [-0.2, -0.15) is 0 Å². The lowest BCUT2D eigenvalue weighted by atomic mass is 10.1. The van der Waals surface area contributed by atoms with Crippen LogP contribution in [0.1, 0.15) is 24.8 Å². The smallest absolute Gasteiger partial charge is 0.221 e. The van der Waals surface area contributed by atoms with Crippen molar-refractivity contribution in [1.82, 2.24) is 0 Å². The van der Waals surface area contributed by atoms with E-state index in [1.54, 1.807) is 0 Å². The van der Waals surface area contributed by atoms with Crippen LogP contribution in [0.3, 0.4) is 0 Å². The van der Waals surface area contributed by atoms with Gasteiger partial charge in [-0.05, 0) is 24.1 Å². The van der Waals surface area contributed by atoms with E-state index in [-0.39, 0.29) is 5.91 Å². The molecule has 2 rings (SSSR count). The molecule has 3 N–H and O–H groups in total. The van der Waals surface area contributed by atoms with Gasteiger partial charge in [0.2, 0.25) is 5.91 Å². The summed E-state index contributed by atoms with van der Waals surface area (Å²) in [5, 5.41) is 2.76. The Balaban J connectivity index is 2.15. The van der Waals surface area contributed by atoms with Crippen molar-refractivity contribution in [2.75, 3.05) is 5.32 Å². The van der Waals surface area contributed by atoms with Crippen molar-refractivity contribution >= 4 is 11.6 Å². The standard InChI is InChI=1S/C11H14N2O/c1-7(14)13-9-4-2-3-8(5-9)10-6-11(10)12/h2-5,10-11H,6,12H2,1H3,(H,13,14)/t10-,11+/m0/s1. The van der Waals surface area contributed by atoms with E-state index in [0.29, 0.717) is 12.0 Å². The van der Waals surface area contributed by atoms with E-state index in [1.165, 1.54) is 12.5 Å². The van der Waals surface area contributed by atoms with Gasteiger partial charge in [0.25, 0.3) is 0 Å². The molecule has 0 aromatic heterocycles. The highest BCUT2D eigenvalue weighted by molar-refractivity contribution is 5.88. The third-order valence-corrected chi connectivity index (χ3v) is 2.47. The topological polar surface area (TPSA) is 55.1 Å². The van der Waals surface area contributed by atoms with E-state index in [1.807, 2.05) is 18.2 Å². The molecule has 0 unspecified atom stereocenters. The highest BCUT2D eigenvalue weighted by atomic mass is 16.1. The lowest BCUT2D eigenvalue weighted by molar-refractivity contribution is -0.114. The summed E-state index contributed by atoms with van der Waals surface area (Å²) in [6.07, 6.45) is 1.06. The van der Waals surface area contributed by atoms with E-state index in [0.717, 1.165) is 12.1 Å². The van der Waals surface area contributed by atoms with Gasteiger partial charge in [-0.25, -0.2) is 0 Å². The number of benzene rings is 1. The Bertz CT molecular complexity index is 362. The van der Waals surface area contributed by atoms with Gasteiger partial charge in [-0.3, -0.25) is 4.79 Å². The Hall–Kier alpha value is -1.35. The number of amides is 1. The Kier molecular flexibility index (Phi) is 2.25. The van der Waals surface area contributed by atoms with Crippen LogP contribution in [0.4, 0.5) is 5.69 Å². The van der Waals surface area contributed by atoms with Gasteiger partial charge in [0.1, 0.15) is 0 Å². The number of rotatable bonds is 2. The van der Waals surface area contributed by atoms with Crippen LogP contribution in [0, 0.1) is 0 Å². The van der Waals surface area contributed by atoms with Gasteiger partial charge >= 0.3 is 0 Å². The number of carbonyl (C=O) groups excluding carboxylic acids is 1. The maximum absolute atomic E-state index is 10.8. The molecule has 1 aromatic rings. The first-order valence-electron chi connectivity index (χ1n) is 4.80. The number of nitrogens with two attached hydrogens (primary N) is 1. The van der Waals surface area contributed by atoms with Crippen LogP contribution in [-0.4, -0.2) is 11.9 Å². The van der Waals surface area contributed by atoms with E-state index in [9.17, 15) is 4.79 Å². The fourth-order valence-corrected chi connectivity index (χ4v) is 1.65. The molecule has 1 amide bonds. The average molecular weight is 190 g/mol. The van der Waals surface area contributed by atoms with Crippen LogP contribution in [0.5, 0.6) is 0 Å². The SMILES string of the molecule is CC(=O)Nc1cccc([C@@H]2C[C@H]2N)c1. The first-order valence-corrected chi connectivity index (χ1v) is 4.80. The second-order valence-corrected chi connectivity index (χ2v) is 3.81. The minimum Gasteiger partial charge on any atom is -0.327 e. The monoisotopic (exact) mass is 190 g/mol. The molecule has 1 aliphatic carbocycles. The minimum atomic E-state index is -0.0396. The highest BCUT2D eigenvalue weighted by Crippen LogP contribution is 2.39. The third-order valence-electron chi connectivity index (χ3n) is 2.47.